The van der Waals surface area contributed by atoms with Crippen LogP contribution < -0.4 is 5.73 Å². The molecule has 1 fully saturated rings. The second-order valence-corrected chi connectivity index (χ2v) is 2.91. The van der Waals surface area contributed by atoms with E-state index in [4.69, 9.17) is 20.3 Å². The Morgan fingerprint density at radius 1 is 1.67 bits per heavy atom. The number of hydrogen-bond acceptors (Lipinski definition) is 5. The van der Waals surface area contributed by atoms with Gasteiger partial charge in [-0.25, -0.2) is 0 Å². The first-order valence-corrected chi connectivity index (χ1v) is 3.91. The molecule has 0 bridgehead atoms. The number of ether oxygens (including phenoxy) is 2. The Kier molecular flexibility index (Phi) is 3.42. The lowest BCUT2D eigenvalue weighted by Gasteiger charge is -2.36. The van der Waals surface area contributed by atoms with Crippen LogP contribution in [0.2, 0.25) is 0 Å². The Morgan fingerprint density at radius 3 is 2.83 bits per heavy atom. The molecule has 0 aromatic rings. The minimum atomic E-state index is -0.804. The van der Waals surface area contributed by atoms with Crippen LogP contribution in [0.5, 0.6) is 0 Å². The fourth-order valence-electron chi connectivity index (χ4n) is 1.27. The van der Waals surface area contributed by atoms with Gasteiger partial charge in [0.25, 0.3) is 0 Å². The summed E-state index contributed by atoms with van der Waals surface area (Å²) in [5, 5.41) is 18.2. The SMILES string of the molecule is CO[C@@H]1C[C@@H](N)[C@H](O)[C@@H](CO)O1. The van der Waals surface area contributed by atoms with Gasteiger partial charge >= 0.3 is 0 Å². The molecule has 0 aliphatic carbocycles. The molecule has 5 nitrogen and oxygen atoms in total. The van der Waals surface area contributed by atoms with Crippen LogP contribution in [0.4, 0.5) is 0 Å². The van der Waals surface area contributed by atoms with Gasteiger partial charge in [0.1, 0.15) is 6.10 Å². The first-order chi connectivity index (χ1) is 5.69. The predicted molar refractivity (Wildman–Crippen MR) is 41.4 cm³/mol. The van der Waals surface area contributed by atoms with Crippen LogP contribution in [0, 0.1) is 0 Å². The number of methoxy groups -OCH3 is 1. The highest BCUT2D eigenvalue weighted by molar-refractivity contribution is 4.84. The number of nitrogens with two attached hydrogens (primary N) is 1. The molecule has 1 aliphatic heterocycles. The Bertz CT molecular complexity index is 143. The van der Waals surface area contributed by atoms with E-state index in [1.807, 2.05) is 0 Å². The second-order valence-electron chi connectivity index (χ2n) is 2.91. The zero-order valence-corrected chi connectivity index (χ0v) is 7.01. The minimum Gasteiger partial charge on any atom is -0.394 e. The van der Waals surface area contributed by atoms with Gasteiger partial charge in [-0.05, 0) is 0 Å². The zero-order chi connectivity index (χ0) is 9.14. The summed E-state index contributed by atoms with van der Waals surface area (Å²) < 4.78 is 10.1. The van der Waals surface area contributed by atoms with E-state index < -0.39 is 18.5 Å². The molecular weight excluding hydrogens is 162 g/mol. The summed E-state index contributed by atoms with van der Waals surface area (Å²) in [6.45, 7) is -0.241. The largest absolute Gasteiger partial charge is 0.394 e. The van der Waals surface area contributed by atoms with Gasteiger partial charge in [0.15, 0.2) is 6.29 Å². The molecule has 1 saturated heterocycles. The quantitative estimate of drug-likeness (QED) is 0.474. The molecule has 5 heteroatoms. The third kappa shape index (κ3) is 1.94. The first-order valence-electron chi connectivity index (χ1n) is 3.91. The van der Waals surface area contributed by atoms with E-state index in [2.05, 4.69) is 0 Å². The van der Waals surface area contributed by atoms with Gasteiger partial charge in [0, 0.05) is 19.6 Å². The van der Waals surface area contributed by atoms with Gasteiger partial charge in [-0.1, -0.05) is 0 Å². The van der Waals surface area contributed by atoms with Crippen molar-refractivity contribution in [2.75, 3.05) is 13.7 Å². The Morgan fingerprint density at radius 2 is 2.33 bits per heavy atom. The van der Waals surface area contributed by atoms with Crippen LogP contribution in [0.1, 0.15) is 6.42 Å². The van der Waals surface area contributed by atoms with Crippen LogP contribution in [-0.4, -0.2) is 48.5 Å². The smallest absolute Gasteiger partial charge is 0.159 e. The van der Waals surface area contributed by atoms with Crippen LogP contribution in [0.25, 0.3) is 0 Å². The van der Waals surface area contributed by atoms with Crippen LogP contribution >= 0.6 is 0 Å². The zero-order valence-electron chi connectivity index (χ0n) is 7.01. The lowest BCUT2D eigenvalue weighted by molar-refractivity contribution is -0.224. The van der Waals surface area contributed by atoms with E-state index in [-0.39, 0.29) is 12.6 Å². The predicted octanol–water partition coefficient (Wildman–Crippen LogP) is -1.57. The molecule has 1 rings (SSSR count). The Balaban J connectivity index is 2.52. The molecule has 0 radical (unpaired) electrons. The molecule has 0 aromatic carbocycles. The van der Waals surface area contributed by atoms with E-state index in [0.717, 1.165) is 0 Å². The van der Waals surface area contributed by atoms with Crippen molar-refractivity contribution in [1.82, 2.24) is 0 Å². The maximum Gasteiger partial charge on any atom is 0.159 e. The summed E-state index contributed by atoms with van der Waals surface area (Å²) in [5.74, 6) is 0. The molecular formula is C7H15NO4. The van der Waals surface area contributed by atoms with E-state index >= 15 is 0 Å². The van der Waals surface area contributed by atoms with Crippen molar-refractivity contribution in [2.45, 2.75) is 31.0 Å². The van der Waals surface area contributed by atoms with Gasteiger partial charge in [-0.15, -0.1) is 0 Å². The first kappa shape index (κ1) is 9.88. The fourth-order valence-corrected chi connectivity index (χ4v) is 1.27. The van der Waals surface area contributed by atoms with Crippen molar-refractivity contribution in [1.29, 1.82) is 0 Å². The van der Waals surface area contributed by atoms with Gasteiger partial charge in [0.05, 0.1) is 12.7 Å². The molecule has 0 aromatic heterocycles. The molecule has 0 spiro atoms. The van der Waals surface area contributed by atoms with Crippen molar-refractivity contribution in [3.8, 4) is 0 Å². The van der Waals surface area contributed by atoms with Crippen molar-refractivity contribution in [3.63, 3.8) is 0 Å². The van der Waals surface area contributed by atoms with Gasteiger partial charge in [0.2, 0.25) is 0 Å². The maximum absolute atomic E-state index is 9.39. The molecule has 1 heterocycles. The van der Waals surface area contributed by atoms with E-state index in [1.165, 1.54) is 7.11 Å². The monoisotopic (exact) mass is 177 g/mol. The van der Waals surface area contributed by atoms with Crippen LogP contribution in [0.3, 0.4) is 0 Å². The van der Waals surface area contributed by atoms with Crippen molar-refractivity contribution in [2.24, 2.45) is 5.73 Å². The average Bonchev–Trinajstić information content (AvgIpc) is 2.09. The molecule has 4 N–H and O–H groups in total. The number of aliphatic hydroxyl groups excluding tert-OH is 2. The third-order valence-electron chi connectivity index (χ3n) is 2.05. The summed E-state index contributed by atoms with van der Waals surface area (Å²) in [6, 6.07) is -0.388. The summed E-state index contributed by atoms with van der Waals surface area (Å²) >= 11 is 0. The lowest BCUT2D eigenvalue weighted by atomic mass is 10.0. The molecule has 1 aliphatic rings. The van der Waals surface area contributed by atoms with E-state index in [0.29, 0.717) is 6.42 Å². The Hall–Kier alpha value is -0.200. The highest BCUT2D eigenvalue weighted by atomic mass is 16.7. The van der Waals surface area contributed by atoms with Crippen molar-refractivity contribution in [3.05, 3.63) is 0 Å². The minimum absolute atomic E-state index is 0.241. The summed E-state index contributed by atoms with van der Waals surface area (Å²) in [7, 11) is 1.50. The van der Waals surface area contributed by atoms with Gasteiger partial charge in [-0.3, -0.25) is 0 Å². The normalized spacial score (nSPS) is 43.0. The Labute approximate surface area is 71.1 Å². The van der Waals surface area contributed by atoms with Crippen molar-refractivity contribution < 1.29 is 19.7 Å². The third-order valence-corrected chi connectivity index (χ3v) is 2.05. The average molecular weight is 177 g/mol. The van der Waals surface area contributed by atoms with Gasteiger partial charge in [-0.2, -0.15) is 0 Å². The number of hydrogen-bond donors (Lipinski definition) is 3. The second kappa shape index (κ2) is 4.15. The highest BCUT2D eigenvalue weighted by Crippen LogP contribution is 2.18. The van der Waals surface area contributed by atoms with E-state index in [9.17, 15) is 5.11 Å². The molecule has 4 atom stereocenters. The molecule has 0 amide bonds. The fraction of sp³-hybridized carbons (Fsp3) is 1.00. The van der Waals surface area contributed by atoms with Gasteiger partial charge < -0.3 is 25.4 Å². The van der Waals surface area contributed by atoms with E-state index in [1.54, 1.807) is 0 Å². The summed E-state index contributed by atoms with van der Waals surface area (Å²) in [6.07, 6.45) is -1.39. The number of rotatable bonds is 2. The maximum atomic E-state index is 9.39. The summed E-state index contributed by atoms with van der Waals surface area (Å²) in [4.78, 5) is 0. The van der Waals surface area contributed by atoms with Crippen LogP contribution in [-0.2, 0) is 9.47 Å². The number of aliphatic hydroxyl groups is 2. The van der Waals surface area contributed by atoms with Crippen LogP contribution in [0.15, 0.2) is 0 Å². The van der Waals surface area contributed by atoms with Crippen molar-refractivity contribution >= 4 is 0 Å². The summed E-state index contributed by atoms with van der Waals surface area (Å²) in [5.41, 5.74) is 5.59. The molecule has 12 heavy (non-hydrogen) atoms. The molecule has 0 saturated carbocycles. The standard InChI is InChI=1S/C7H15NO4/c1-11-6-2-4(8)7(10)5(3-9)12-6/h4-7,9-10H,2-3,8H2,1H3/t4-,5-,6+,7+/m1/s1. The molecule has 0 unspecified atom stereocenters. The topological polar surface area (TPSA) is 84.9 Å². The lowest BCUT2D eigenvalue weighted by Crippen LogP contribution is -2.53. The molecule has 72 valence electrons. The highest BCUT2D eigenvalue weighted by Gasteiger charge is 2.35.